The maximum atomic E-state index is 0. The minimum absolute atomic E-state index is 0. The van der Waals surface area contributed by atoms with Gasteiger partial charge in [0, 0.05) is 0 Å². The van der Waals surface area contributed by atoms with E-state index in [4.69, 9.17) is 0 Å². The van der Waals surface area contributed by atoms with Crippen molar-refractivity contribution in [3.8, 4) is 0 Å². The third kappa shape index (κ3) is 121. The molecule has 0 aromatic rings. The molecule has 0 unspecified atom stereocenters. The van der Waals surface area contributed by atoms with Gasteiger partial charge in [0.15, 0.2) is 0 Å². The van der Waals surface area contributed by atoms with E-state index in [1.54, 1.807) is 0 Å². The summed E-state index contributed by atoms with van der Waals surface area (Å²) in [4.78, 5) is 0. The Hall–Kier alpha value is 2.50. The van der Waals surface area contributed by atoms with Gasteiger partial charge in [0.25, 0.3) is 0 Å². The summed E-state index contributed by atoms with van der Waals surface area (Å²) in [5.41, 5.74) is 0. The predicted octanol–water partition coefficient (Wildman–Crippen LogP) is -2.43. The molecular formula is H4Mg2O5V2. The standard InChI is InChI=1S/2Mg.5O.2V.4H/q;;5*-2;2*+5;;;;. The Morgan fingerprint density at radius 1 is 0.333 bits per heavy atom. The summed E-state index contributed by atoms with van der Waals surface area (Å²) < 4.78 is 0. The van der Waals surface area contributed by atoms with Crippen molar-refractivity contribution in [2.24, 2.45) is 0 Å². The molecule has 0 spiro atoms. The first-order valence-corrected chi connectivity index (χ1v) is 0. The molecule has 0 aromatic heterocycles. The first-order chi connectivity index (χ1) is 0. The van der Waals surface area contributed by atoms with Crippen LogP contribution in [0.2, 0.25) is 0 Å². The molecule has 0 amide bonds. The van der Waals surface area contributed by atoms with Crippen LogP contribution in [-0.4, -0.2) is 46.1 Å². The fourth-order valence-corrected chi connectivity index (χ4v) is 0. The molecule has 0 aliphatic rings. The van der Waals surface area contributed by atoms with Crippen molar-refractivity contribution >= 4 is 46.1 Å². The third-order valence-corrected chi connectivity index (χ3v) is 0. The third-order valence-electron chi connectivity index (χ3n) is 0. The zero-order chi connectivity index (χ0) is 0. The predicted molar refractivity (Wildman–Crippen MR) is 20.5 cm³/mol. The summed E-state index contributed by atoms with van der Waals surface area (Å²) in [7, 11) is 0. The van der Waals surface area contributed by atoms with Crippen LogP contribution >= 0.6 is 0 Å². The molecule has 0 heterocycles. The largest absolute Gasteiger partial charge is 5.00 e. The number of hydrogen-bond donors (Lipinski definition) is 0. The van der Waals surface area contributed by atoms with Crippen molar-refractivity contribution in [1.29, 1.82) is 0 Å². The molecule has 0 bridgehead atoms. The van der Waals surface area contributed by atoms with Crippen LogP contribution in [0.3, 0.4) is 0 Å². The topological polar surface area (TPSA) is 142 Å². The van der Waals surface area contributed by atoms with Gasteiger partial charge >= 0.3 is 83.2 Å². The van der Waals surface area contributed by atoms with E-state index < -0.39 is 0 Å². The molecule has 0 N–H and O–H groups in total. The normalized spacial score (nSPS) is 0. The minimum atomic E-state index is 0. The van der Waals surface area contributed by atoms with Gasteiger partial charge in [-0.2, -0.15) is 0 Å². The van der Waals surface area contributed by atoms with Gasteiger partial charge in [0.1, 0.15) is 0 Å². The Kier molecular flexibility index (Phi) is 3410. The van der Waals surface area contributed by atoms with Crippen molar-refractivity contribution in [1.82, 2.24) is 0 Å². The second-order valence-corrected chi connectivity index (χ2v) is 0. The van der Waals surface area contributed by atoms with Crippen LogP contribution in [0.5, 0.6) is 0 Å². The molecular weight excluding hydrogens is 230 g/mol. The van der Waals surface area contributed by atoms with Gasteiger partial charge in [-0.1, -0.05) is 0 Å². The Morgan fingerprint density at radius 3 is 0.333 bits per heavy atom. The van der Waals surface area contributed by atoms with Crippen LogP contribution in [0.25, 0.3) is 0 Å². The van der Waals surface area contributed by atoms with E-state index in [1.807, 2.05) is 0 Å². The van der Waals surface area contributed by atoms with E-state index in [2.05, 4.69) is 0 Å². The number of hydrogen-bond acceptors (Lipinski definition) is 0. The molecule has 9 heteroatoms. The molecule has 0 aromatic carbocycles. The van der Waals surface area contributed by atoms with Crippen molar-refractivity contribution in [2.45, 2.75) is 0 Å². The number of rotatable bonds is 0. The van der Waals surface area contributed by atoms with Gasteiger partial charge in [-0.05, 0) is 0 Å². The molecule has 0 fully saturated rings. The van der Waals surface area contributed by atoms with Crippen LogP contribution in [0.1, 0.15) is 0 Å². The summed E-state index contributed by atoms with van der Waals surface area (Å²) in [6.07, 6.45) is 0. The summed E-state index contributed by atoms with van der Waals surface area (Å²) in [6, 6.07) is 0. The molecule has 9 heavy (non-hydrogen) atoms. The second kappa shape index (κ2) is 152. The molecule has 0 rings (SSSR count). The van der Waals surface area contributed by atoms with E-state index in [1.165, 1.54) is 0 Å². The van der Waals surface area contributed by atoms with E-state index in [0.717, 1.165) is 0 Å². The van der Waals surface area contributed by atoms with Gasteiger partial charge in [-0.15, -0.1) is 0 Å². The fourth-order valence-electron chi connectivity index (χ4n) is 0. The first kappa shape index (κ1) is 203. The molecule has 0 radical (unpaired) electrons. The zero-order valence-corrected chi connectivity index (χ0v) is 5.73. The smallest absolute Gasteiger partial charge is 2.00 e. The second-order valence-electron chi connectivity index (χ2n) is 0. The Morgan fingerprint density at radius 2 is 0.333 bits per heavy atom. The Bertz CT molecular complexity index is 12.9. The fraction of sp³-hybridized carbons (Fsp3) is 0. The van der Waals surface area contributed by atoms with Gasteiger partial charge < -0.3 is 27.4 Å². The van der Waals surface area contributed by atoms with Crippen LogP contribution in [0, 0.1) is 0 Å². The van der Waals surface area contributed by atoms with Gasteiger partial charge in [0.2, 0.25) is 0 Å². The average molecular weight is 235 g/mol. The maximum absolute atomic E-state index is 0. The maximum Gasteiger partial charge on any atom is 5.00 e. The quantitative estimate of drug-likeness (QED) is 0.411. The first-order valence-electron chi connectivity index (χ1n) is 0. The Balaban J connectivity index is 0. The zero-order valence-electron chi connectivity index (χ0n) is 2.94. The van der Waals surface area contributed by atoms with E-state index in [-0.39, 0.29) is 111 Å². The van der Waals surface area contributed by atoms with Gasteiger partial charge in [-0.3, -0.25) is 0 Å². The van der Waals surface area contributed by atoms with Crippen LogP contribution in [0.4, 0.5) is 0 Å². The van der Waals surface area contributed by atoms with Crippen LogP contribution in [0.15, 0.2) is 0 Å². The monoisotopic (exact) mass is 234 g/mol. The average Bonchev–Trinajstić information content (AvgIpc) is 0. The van der Waals surface area contributed by atoms with Crippen LogP contribution < -0.4 is 0 Å². The van der Waals surface area contributed by atoms with Crippen LogP contribution in [-0.2, 0) is 64.5 Å². The van der Waals surface area contributed by atoms with Crippen molar-refractivity contribution < 1.29 is 64.5 Å². The molecule has 0 aliphatic heterocycles. The van der Waals surface area contributed by atoms with Gasteiger partial charge in [-0.25, -0.2) is 0 Å². The van der Waals surface area contributed by atoms with Crippen molar-refractivity contribution in [3.63, 3.8) is 0 Å². The molecule has 0 saturated carbocycles. The van der Waals surface area contributed by atoms with Crippen molar-refractivity contribution in [3.05, 3.63) is 0 Å². The van der Waals surface area contributed by atoms with Crippen molar-refractivity contribution in [2.75, 3.05) is 0 Å². The molecule has 0 atom stereocenters. The Labute approximate surface area is 109 Å². The molecule has 48 valence electrons. The molecule has 0 saturated heterocycles. The van der Waals surface area contributed by atoms with Gasteiger partial charge in [0.05, 0.1) is 0 Å². The van der Waals surface area contributed by atoms with E-state index >= 15 is 0 Å². The summed E-state index contributed by atoms with van der Waals surface area (Å²) >= 11 is 0. The summed E-state index contributed by atoms with van der Waals surface area (Å²) in [5.74, 6) is 0. The summed E-state index contributed by atoms with van der Waals surface area (Å²) in [6.45, 7) is 0. The SMILES string of the molecule is [MgH2].[MgH2].[O-2].[O-2].[O-2].[O-2].[O-2].[V+5].[V+5]. The molecule has 5 nitrogen and oxygen atoms in total. The minimum Gasteiger partial charge on any atom is -2.00 e. The molecule has 0 aliphatic carbocycles. The summed E-state index contributed by atoms with van der Waals surface area (Å²) in [5, 5.41) is 0. The van der Waals surface area contributed by atoms with E-state index in [9.17, 15) is 0 Å². The van der Waals surface area contributed by atoms with E-state index in [0.29, 0.717) is 0 Å².